The molecule has 5 nitrogen and oxygen atoms in total. The Morgan fingerprint density at radius 2 is 1.68 bits per heavy atom. The fraction of sp³-hybridized carbons (Fsp3) is 0.136. The van der Waals surface area contributed by atoms with Gasteiger partial charge < -0.3 is 15.6 Å². The van der Waals surface area contributed by atoms with E-state index in [0.29, 0.717) is 28.8 Å². The molecule has 0 saturated heterocycles. The van der Waals surface area contributed by atoms with Crippen LogP contribution in [-0.4, -0.2) is 19.2 Å². The highest BCUT2D eigenvalue weighted by molar-refractivity contribution is 7.66. The second kappa shape index (κ2) is 8.42. The number of rotatable bonds is 6. The van der Waals surface area contributed by atoms with Gasteiger partial charge in [-0.25, -0.2) is 0 Å². The molecule has 1 amide bonds. The first kappa shape index (κ1) is 19.9. The Labute approximate surface area is 165 Å². The summed E-state index contributed by atoms with van der Waals surface area (Å²) in [4.78, 5) is 12.6. The summed E-state index contributed by atoms with van der Waals surface area (Å²) >= 11 is 0. The van der Waals surface area contributed by atoms with Crippen LogP contribution >= 0.6 is 7.37 Å². The van der Waals surface area contributed by atoms with Crippen molar-refractivity contribution in [2.75, 3.05) is 24.3 Å². The molecule has 0 spiro atoms. The minimum Gasteiger partial charge on any atom is -0.397 e. The standard InChI is InChI=1S/C22H23N2O3P/c1-3-27-28(2,26)19-12-9-17(10-13-19)22(25)24-21-15-18(11-14-20(21)23)16-7-5-4-6-8-16/h4-15H,3,23H2,1-2H3,(H,24,25). The van der Waals surface area contributed by atoms with Gasteiger partial charge in [-0.2, -0.15) is 0 Å². The highest BCUT2D eigenvalue weighted by Crippen LogP contribution is 2.40. The molecule has 6 heteroatoms. The molecule has 3 aromatic carbocycles. The van der Waals surface area contributed by atoms with E-state index >= 15 is 0 Å². The van der Waals surface area contributed by atoms with Crippen LogP contribution in [0.15, 0.2) is 72.8 Å². The maximum Gasteiger partial charge on any atom is 0.255 e. The molecule has 0 bridgehead atoms. The van der Waals surface area contributed by atoms with E-state index in [4.69, 9.17) is 10.3 Å². The fourth-order valence-electron chi connectivity index (χ4n) is 2.87. The number of carbonyl (C=O) groups is 1. The van der Waals surface area contributed by atoms with E-state index in [-0.39, 0.29) is 5.91 Å². The van der Waals surface area contributed by atoms with Gasteiger partial charge in [0.25, 0.3) is 5.91 Å². The molecule has 3 N–H and O–H groups in total. The minimum absolute atomic E-state index is 0.286. The lowest BCUT2D eigenvalue weighted by Crippen LogP contribution is -2.15. The van der Waals surface area contributed by atoms with Gasteiger partial charge in [-0.15, -0.1) is 0 Å². The molecule has 0 fully saturated rings. The average Bonchev–Trinajstić information content (AvgIpc) is 2.70. The Kier molecular flexibility index (Phi) is 5.98. The fourth-order valence-corrected chi connectivity index (χ4v) is 4.21. The summed E-state index contributed by atoms with van der Waals surface area (Å²) < 4.78 is 17.8. The second-order valence-electron chi connectivity index (χ2n) is 6.43. The van der Waals surface area contributed by atoms with Crippen LogP contribution < -0.4 is 16.4 Å². The highest BCUT2D eigenvalue weighted by Gasteiger charge is 2.19. The maximum absolute atomic E-state index is 12.6. The van der Waals surface area contributed by atoms with E-state index in [9.17, 15) is 9.36 Å². The number of nitrogens with one attached hydrogen (secondary N) is 1. The number of anilines is 2. The molecule has 0 radical (unpaired) electrons. The Morgan fingerprint density at radius 1 is 1.00 bits per heavy atom. The lowest BCUT2D eigenvalue weighted by molar-refractivity contribution is 0.102. The minimum atomic E-state index is -2.86. The van der Waals surface area contributed by atoms with Crippen LogP contribution in [0.1, 0.15) is 17.3 Å². The van der Waals surface area contributed by atoms with Gasteiger partial charge in [0, 0.05) is 17.5 Å². The third-order valence-corrected chi connectivity index (χ3v) is 6.37. The van der Waals surface area contributed by atoms with Gasteiger partial charge in [0.1, 0.15) is 0 Å². The molecule has 3 aromatic rings. The normalized spacial score (nSPS) is 12.9. The van der Waals surface area contributed by atoms with Crippen LogP contribution in [0.25, 0.3) is 11.1 Å². The van der Waals surface area contributed by atoms with Gasteiger partial charge in [0.2, 0.25) is 7.37 Å². The number of carbonyl (C=O) groups excluding carboxylic acids is 1. The number of amides is 1. The summed E-state index contributed by atoms with van der Waals surface area (Å²) in [5.74, 6) is -0.286. The van der Waals surface area contributed by atoms with Crippen molar-refractivity contribution >= 4 is 30.0 Å². The summed E-state index contributed by atoms with van der Waals surface area (Å²) in [5.41, 5.74) is 9.52. The van der Waals surface area contributed by atoms with Gasteiger partial charge in [-0.3, -0.25) is 9.36 Å². The monoisotopic (exact) mass is 394 g/mol. The Balaban J connectivity index is 1.80. The van der Waals surface area contributed by atoms with Gasteiger partial charge in [-0.05, 0) is 54.4 Å². The number of hydrogen-bond donors (Lipinski definition) is 2. The third kappa shape index (κ3) is 4.50. The molecule has 0 saturated carbocycles. The van der Waals surface area contributed by atoms with Gasteiger partial charge >= 0.3 is 0 Å². The van der Waals surface area contributed by atoms with E-state index in [2.05, 4.69) is 5.32 Å². The topological polar surface area (TPSA) is 81.4 Å². The number of benzene rings is 3. The summed E-state index contributed by atoms with van der Waals surface area (Å²) in [7, 11) is -2.86. The summed E-state index contributed by atoms with van der Waals surface area (Å²) in [5, 5.41) is 3.44. The van der Waals surface area contributed by atoms with Crippen LogP contribution in [0.4, 0.5) is 11.4 Å². The number of nitrogen functional groups attached to an aromatic ring is 1. The lowest BCUT2D eigenvalue weighted by Gasteiger charge is -2.14. The largest absolute Gasteiger partial charge is 0.397 e. The molecule has 0 aliphatic rings. The van der Waals surface area contributed by atoms with Crippen LogP contribution in [0.5, 0.6) is 0 Å². The van der Waals surface area contributed by atoms with Crippen LogP contribution in [0.2, 0.25) is 0 Å². The van der Waals surface area contributed by atoms with E-state index in [1.165, 1.54) is 0 Å². The highest BCUT2D eigenvalue weighted by atomic mass is 31.2. The van der Waals surface area contributed by atoms with Crippen LogP contribution in [0, 0.1) is 0 Å². The zero-order valence-electron chi connectivity index (χ0n) is 15.9. The predicted molar refractivity (Wildman–Crippen MR) is 115 cm³/mol. The molecule has 28 heavy (non-hydrogen) atoms. The molecule has 144 valence electrons. The predicted octanol–water partition coefficient (Wildman–Crippen LogP) is 4.76. The van der Waals surface area contributed by atoms with Crippen molar-refractivity contribution in [3.8, 4) is 11.1 Å². The van der Waals surface area contributed by atoms with Crippen molar-refractivity contribution in [1.82, 2.24) is 0 Å². The molecule has 0 aliphatic heterocycles. The third-order valence-electron chi connectivity index (χ3n) is 4.38. The SMILES string of the molecule is CCOP(C)(=O)c1ccc(C(=O)Nc2cc(-c3ccccc3)ccc2N)cc1. The zero-order chi connectivity index (χ0) is 20.1. The molecule has 3 rings (SSSR count). The molecular formula is C22H23N2O3P. The van der Waals surface area contributed by atoms with Gasteiger partial charge in [0.05, 0.1) is 18.0 Å². The van der Waals surface area contributed by atoms with Crippen LogP contribution in [0.3, 0.4) is 0 Å². The van der Waals surface area contributed by atoms with E-state index in [1.54, 1.807) is 43.9 Å². The van der Waals surface area contributed by atoms with Gasteiger partial charge in [-0.1, -0.05) is 36.4 Å². The Morgan fingerprint density at radius 3 is 2.32 bits per heavy atom. The first-order valence-corrected chi connectivity index (χ1v) is 11.1. The molecule has 0 aliphatic carbocycles. The van der Waals surface area contributed by atoms with Crippen LogP contribution in [-0.2, 0) is 9.09 Å². The number of hydrogen-bond acceptors (Lipinski definition) is 4. The van der Waals surface area contributed by atoms with E-state index < -0.39 is 7.37 Å². The molecular weight excluding hydrogens is 371 g/mol. The Bertz CT molecular complexity index is 1020. The van der Waals surface area contributed by atoms with E-state index in [0.717, 1.165) is 11.1 Å². The average molecular weight is 394 g/mol. The first-order chi connectivity index (χ1) is 13.4. The first-order valence-electron chi connectivity index (χ1n) is 8.99. The summed E-state index contributed by atoms with van der Waals surface area (Å²) in [6.07, 6.45) is 0. The molecule has 0 heterocycles. The molecule has 1 unspecified atom stereocenters. The van der Waals surface area contributed by atoms with Crippen molar-refractivity contribution in [3.63, 3.8) is 0 Å². The molecule has 0 aromatic heterocycles. The van der Waals surface area contributed by atoms with Crippen molar-refractivity contribution in [1.29, 1.82) is 0 Å². The smallest absolute Gasteiger partial charge is 0.255 e. The summed E-state index contributed by atoms with van der Waals surface area (Å²) in [6, 6.07) is 22.0. The van der Waals surface area contributed by atoms with Crippen molar-refractivity contribution in [3.05, 3.63) is 78.4 Å². The molecule has 1 atom stereocenters. The summed E-state index contributed by atoms with van der Waals surface area (Å²) in [6.45, 7) is 3.74. The second-order valence-corrected chi connectivity index (χ2v) is 8.90. The maximum atomic E-state index is 12.6. The quantitative estimate of drug-likeness (QED) is 0.467. The van der Waals surface area contributed by atoms with Crippen molar-refractivity contribution in [2.24, 2.45) is 0 Å². The van der Waals surface area contributed by atoms with Crippen molar-refractivity contribution in [2.45, 2.75) is 6.92 Å². The lowest BCUT2D eigenvalue weighted by atomic mass is 10.0. The van der Waals surface area contributed by atoms with Gasteiger partial charge in [0.15, 0.2) is 0 Å². The number of nitrogens with two attached hydrogens (primary N) is 1. The Hall–Kier alpha value is -2.88. The zero-order valence-corrected chi connectivity index (χ0v) is 16.8. The van der Waals surface area contributed by atoms with E-state index in [1.807, 2.05) is 42.5 Å². The van der Waals surface area contributed by atoms with Crippen molar-refractivity contribution < 1.29 is 13.9 Å².